The van der Waals surface area contributed by atoms with Crippen LogP contribution in [0.25, 0.3) is 0 Å². The Hall–Kier alpha value is -1.59. The Bertz CT molecular complexity index is 817. The number of aliphatic hydroxyl groups is 1. The minimum absolute atomic E-state index is 0.148. The first-order valence-corrected chi connectivity index (χ1v) is 10.2. The summed E-state index contributed by atoms with van der Waals surface area (Å²) in [4.78, 5) is 14.8. The van der Waals surface area contributed by atoms with E-state index in [1.165, 1.54) is 0 Å². The second kappa shape index (κ2) is 8.83. The van der Waals surface area contributed by atoms with Gasteiger partial charge in [-0.25, -0.2) is 0 Å². The van der Waals surface area contributed by atoms with Gasteiger partial charge in [0.15, 0.2) is 0 Å². The van der Waals surface area contributed by atoms with Gasteiger partial charge in [0.05, 0.1) is 11.5 Å². The third-order valence-electron chi connectivity index (χ3n) is 5.76. The molecule has 1 heterocycles. The van der Waals surface area contributed by atoms with Gasteiger partial charge in [-0.1, -0.05) is 41.4 Å². The summed E-state index contributed by atoms with van der Waals surface area (Å²) in [5.74, 6) is -0.631. The van der Waals surface area contributed by atoms with Gasteiger partial charge in [-0.05, 0) is 62.6 Å². The molecule has 1 N–H and O–H groups in total. The maximum absolute atomic E-state index is 12.5. The van der Waals surface area contributed by atoms with Crippen molar-refractivity contribution < 1.29 is 14.6 Å². The van der Waals surface area contributed by atoms with Crippen molar-refractivity contribution in [2.24, 2.45) is 5.92 Å². The van der Waals surface area contributed by atoms with Crippen LogP contribution in [0.1, 0.15) is 38.3 Å². The summed E-state index contributed by atoms with van der Waals surface area (Å²) >= 11 is 12.2. The second-order valence-electron chi connectivity index (χ2n) is 7.43. The molecule has 0 saturated carbocycles. The molecule has 0 aromatic heterocycles. The fourth-order valence-electron chi connectivity index (χ4n) is 3.67. The predicted octanol–water partition coefficient (Wildman–Crippen LogP) is 5.12. The van der Waals surface area contributed by atoms with Crippen molar-refractivity contribution in [3.05, 3.63) is 64.1 Å². The van der Waals surface area contributed by atoms with Crippen LogP contribution >= 0.6 is 23.2 Å². The molecule has 2 unspecified atom stereocenters. The van der Waals surface area contributed by atoms with Crippen LogP contribution in [-0.4, -0.2) is 34.7 Å². The highest BCUT2D eigenvalue weighted by Gasteiger charge is 2.42. The molecule has 0 bridgehead atoms. The van der Waals surface area contributed by atoms with Crippen LogP contribution in [0.3, 0.4) is 0 Å². The largest absolute Gasteiger partial charge is 0.426 e. The Labute approximate surface area is 176 Å². The topological polar surface area (TPSA) is 49.8 Å². The molecule has 2 aromatic rings. The van der Waals surface area contributed by atoms with E-state index in [1.54, 1.807) is 31.2 Å². The number of hydrogen-bond acceptors (Lipinski definition) is 4. The van der Waals surface area contributed by atoms with Crippen LogP contribution in [0.4, 0.5) is 0 Å². The van der Waals surface area contributed by atoms with E-state index in [-0.39, 0.29) is 6.04 Å². The first-order valence-electron chi connectivity index (χ1n) is 9.48. The summed E-state index contributed by atoms with van der Waals surface area (Å²) in [6.45, 7) is 5.21. The van der Waals surface area contributed by atoms with Gasteiger partial charge in [0.25, 0.3) is 0 Å². The summed E-state index contributed by atoms with van der Waals surface area (Å²) in [5.41, 5.74) is -0.00923. The van der Waals surface area contributed by atoms with Gasteiger partial charge >= 0.3 is 5.97 Å². The van der Waals surface area contributed by atoms with Crippen LogP contribution < -0.4 is 4.74 Å². The molecule has 0 radical (unpaired) electrons. The number of halogens is 2. The van der Waals surface area contributed by atoms with Gasteiger partial charge in [0.2, 0.25) is 0 Å². The first-order chi connectivity index (χ1) is 13.3. The second-order valence-corrected chi connectivity index (χ2v) is 8.28. The minimum atomic E-state index is -1.08. The van der Waals surface area contributed by atoms with E-state index >= 15 is 0 Å². The smallest absolute Gasteiger partial charge is 0.316 e. The molecule has 0 spiro atoms. The average Bonchev–Trinajstić information content (AvgIpc) is 2.69. The van der Waals surface area contributed by atoms with Crippen molar-refractivity contribution in [2.75, 3.05) is 13.1 Å². The van der Waals surface area contributed by atoms with Crippen LogP contribution in [0.5, 0.6) is 5.75 Å². The zero-order chi connectivity index (χ0) is 20.3. The minimum Gasteiger partial charge on any atom is -0.426 e. The van der Waals surface area contributed by atoms with Crippen LogP contribution in [0.15, 0.2) is 48.5 Å². The zero-order valence-electron chi connectivity index (χ0n) is 16.1. The lowest BCUT2D eigenvalue weighted by Crippen LogP contribution is -2.51. The monoisotopic (exact) mass is 421 g/mol. The van der Waals surface area contributed by atoms with Crippen molar-refractivity contribution in [1.82, 2.24) is 4.90 Å². The highest BCUT2D eigenvalue weighted by molar-refractivity contribution is 6.31. The molecule has 0 amide bonds. The number of nitrogens with zero attached hydrogens (tertiary/aromatic N) is 1. The van der Waals surface area contributed by atoms with E-state index < -0.39 is 17.5 Å². The number of ether oxygens (including phenoxy) is 1. The van der Waals surface area contributed by atoms with Crippen LogP contribution in [0.2, 0.25) is 10.0 Å². The van der Waals surface area contributed by atoms with Gasteiger partial charge < -0.3 is 9.84 Å². The Balaban J connectivity index is 1.61. The summed E-state index contributed by atoms with van der Waals surface area (Å²) in [6, 6.07) is 14.6. The Kier molecular flexibility index (Phi) is 6.66. The van der Waals surface area contributed by atoms with Gasteiger partial charge in [-0.3, -0.25) is 9.69 Å². The molecule has 2 aromatic carbocycles. The number of rotatable bonds is 5. The SMILES string of the molecule is CC(c1ccccc1Cl)N1CCC(O)(C(C)C(=O)Oc2ccc(Cl)cc2)CC1. The number of benzene rings is 2. The lowest BCUT2D eigenvalue weighted by Gasteiger charge is -2.43. The standard InChI is InChI=1S/C22H25Cl2NO3/c1-15(21(26)28-18-9-7-17(23)8-10-18)22(27)11-13-25(14-12-22)16(2)19-5-3-4-6-20(19)24/h3-10,15-16,27H,11-14H2,1-2H3. The highest BCUT2D eigenvalue weighted by Crippen LogP contribution is 2.35. The highest BCUT2D eigenvalue weighted by atomic mass is 35.5. The number of hydrogen-bond donors (Lipinski definition) is 1. The quantitative estimate of drug-likeness (QED) is 0.537. The maximum Gasteiger partial charge on any atom is 0.316 e. The van der Waals surface area contributed by atoms with Crippen molar-refractivity contribution in [2.45, 2.75) is 38.3 Å². The summed E-state index contributed by atoms with van der Waals surface area (Å²) < 4.78 is 5.42. The van der Waals surface area contributed by atoms with E-state index in [2.05, 4.69) is 11.8 Å². The predicted molar refractivity (Wildman–Crippen MR) is 112 cm³/mol. The van der Waals surface area contributed by atoms with Crippen molar-refractivity contribution >= 4 is 29.2 Å². The normalized spacial score (nSPS) is 19.0. The Morgan fingerprint density at radius 2 is 1.68 bits per heavy atom. The van der Waals surface area contributed by atoms with E-state index in [4.69, 9.17) is 27.9 Å². The Morgan fingerprint density at radius 1 is 1.07 bits per heavy atom. The number of likely N-dealkylation sites (tertiary alicyclic amines) is 1. The van der Waals surface area contributed by atoms with Gasteiger partial charge in [0.1, 0.15) is 5.75 Å². The molecule has 2 atom stereocenters. The third-order valence-corrected chi connectivity index (χ3v) is 6.35. The zero-order valence-corrected chi connectivity index (χ0v) is 17.6. The van der Waals surface area contributed by atoms with Crippen molar-refractivity contribution in [1.29, 1.82) is 0 Å². The molecule has 1 saturated heterocycles. The number of piperidine rings is 1. The molecular weight excluding hydrogens is 397 g/mol. The number of esters is 1. The Morgan fingerprint density at radius 3 is 2.29 bits per heavy atom. The summed E-state index contributed by atoms with van der Waals surface area (Å²) in [5, 5.41) is 12.4. The van der Waals surface area contributed by atoms with Crippen LogP contribution in [-0.2, 0) is 4.79 Å². The van der Waals surface area contributed by atoms with E-state index in [1.807, 2.05) is 24.3 Å². The molecule has 6 heteroatoms. The molecule has 1 aliphatic heterocycles. The lowest BCUT2D eigenvalue weighted by atomic mass is 9.80. The van der Waals surface area contributed by atoms with Crippen molar-refractivity contribution in [3.8, 4) is 5.75 Å². The van der Waals surface area contributed by atoms with E-state index in [9.17, 15) is 9.90 Å². The molecule has 1 fully saturated rings. The molecule has 4 nitrogen and oxygen atoms in total. The fraction of sp³-hybridized carbons (Fsp3) is 0.409. The van der Waals surface area contributed by atoms with Gasteiger partial charge in [-0.15, -0.1) is 0 Å². The molecule has 1 aliphatic rings. The summed E-state index contributed by atoms with van der Waals surface area (Å²) in [7, 11) is 0. The van der Waals surface area contributed by atoms with Gasteiger partial charge in [0, 0.05) is 29.2 Å². The third kappa shape index (κ3) is 4.69. The summed E-state index contributed by atoms with van der Waals surface area (Å²) in [6.07, 6.45) is 0.997. The molecule has 3 rings (SSSR count). The number of carbonyl (C=O) groups excluding carboxylic acids is 1. The van der Waals surface area contributed by atoms with Gasteiger partial charge in [-0.2, -0.15) is 0 Å². The maximum atomic E-state index is 12.5. The molecular formula is C22H25Cl2NO3. The first kappa shape index (κ1) is 21.1. The van der Waals surface area contributed by atoms with Crippen LogP contribution in [0, 0.1) is 5.92 Å². The van der Waals surface area contributed by atoms with Crippen molar-refractivity contribution in [3.63, 3.8) is 0 Å². The molecule has 0 aliphatic carbocycles. The van der Waals surface area contributed by atoms with E-state index in [0.717, 1.165) is 10.6 Å². The lowest BCUT2D eigenvalue weighted by molar-refractivity contribution is -0.152. The number of carbonyl (C=O) groups is 1. The molecule has 150 valence electrons. The fourth-order valence-corrected chi connectivity index (χ4v) is 4.09. The molecule has 28 heavy (non-hydrogen) atoms. The average molecular weight is 422 g/mol. The van der Waals surface area contributed by atoms with E-state index in [0.29, 0.717) is 36.7 Å².